The fourth-order valence-electron chi connectivity index (χ4n) is 1.09. The number of ether oxygens (including phenoxy) is 2. The van der Waals surface area contributed by atoms with Gasteiger partial charge in [0, 0.05) is 0 Å². The topological polar surface area (TPSA) is 151 Å². The number of amides is 2. The number of hydrogen-bond donors (Lipinski definition) is 4. The van der Waals surface area contributed by atoms with E-state index in [0.717, 1.165) is 14.2 Å². The normalized spacial score (nSPS) is 12.8. The van der Waals surface area contributed by atoms with Crippen molar-refractivity contribution in [3.05, 3.63) is 0 Å². The number of carbonyl (C=O) groups excluding carboxylic acids is 4. The van der Waals surface area contributed by atoms with Gasteiger partial charge in [0.2, 0.25) is 0 Å². The molecule has 0 aliphatic heterocycles. The van der Waals surface area contributed by atoms with Crippen LogP contribution in [0.1, 0.15) is 0 Å². The highest BCUT2D eigenvalue weighted by atomic mass is 16.5. The number of aliphatic hydroxyl groups excluding tert-OH is 2. The molecule has 0 aromatic rings. The minimum absolute atomic E-state index is 0.772. The third-order valence-electron chi connectivity index (χ3n) is 2.15. The maximum Gasteiger partial charge on any atom is 0.330 e. The number of nitrogens with one attached hydrogen (secondary N) is 2. The average Bonchev–Trinajstić information content (AvgIpc) is 2.47. The van der Waals surface area contributed by atoms with E-state index in [9.17, 15) is 19.2 Å². The van der Waals surface area contributed by atoms with Gasteiger partial charge in [-0.05, 0) is 0 Å². The van der Waals surface area contributed by atoms with Gasteiger partial charge >= 0.3 is 23.8 Å². The Balaban J connectivity index is 4.58. The van der Waals surface area contributed by atoms with Crippen molar-refractivity contribution in [3.8, 4) is 0 Å². The summed E-state index contributed by atoms with van der Waals surface area (Å²) < 4.78 is 8.56. The second-order valence-electron chi connectivity index (χ2n) is 3.46. The van der Waals surface area contributed by atoms with Gasteiger partial charge in [0.25, 0.3) is 0 Å². The molecular formula is C10H16N2O8. The van der Waals surface area contributed by atoms with Crippen LogP contribution >= 0.6 is 0 Å². The maximum atomic E-state index is 11.4. The summed E-state index contributed by atoms with van der Waals surface area (Å²) in [5.41, 5.74) is 0. The molecule has 0 saturated heterocycles. The maximum absolute atomic E-state index is 11.4. The Bertz CT molecular complexity index is 347. The third-order valence-corrected chi connectivity index (χ3v) is 2.15. The second kappa shape index (κ2) is 8.82. The van der Waals surface area contributed by atoms with E-state index in [4.69, 9.17) is 10.2 Å². The van der Waals surface area contributed by atoms with Crippen molar-refractivity contribution in [2.45, 2.75) is 12.1 Å². The van der Waals surface area contributed by atoms with E-state index in [1.165, 1.54) is 0 Å². The van der Waals surface area contributed by atoms with Gasteiger partial charge in [-0.3, -0.25) is 9.59 Å². The van der Waals surface area contributed by atoms with E-state index < -0.39 is 49.1 Å². The number of esters is 2. The van der Waals surface area contributed by atoms with Crippen LogP contribution in [-0.2, 0) is 28.7 Å². The average molecular weight is 292 g/mol. The molecule has 10 heteroatoms. The predicted octanol–water partition coefficient (Wildman–Crippen LogP) is -3.71. The lowest BCUT2D eigenvalue weighted by molar-refractivity contribution is -0.150. The van der Waals surface area contributed by atoms with Crippen LogP contribution in [0.15, 0.2) is 0 Å². The Labute approximate surface area is 114 Å². The molecule has 2 amide bonds. The summed E-state index contributed by atoms with van der Waals surface area (Å²) in [6, 6.07) is -2.83. The second-order valence-corrected chi connectivity index (χ2v) is 3.46. The largest absolute Gasteiger partial charge is 0.467 e. The van der Waals surface area contributed by atoms with Crippen molar-refractivity contribution >= 4 is 23.8 Å². The number of hydrogen-bond acceptors (Lipinski definition) is 8. The first kappa shape index (κ1) is 17.8. The van der Waals surface area contributed by atoms with Crippen molar-refractivity contribution in [2.24, 2.45) is 0 Å². The van der Waals surface area contributed by atoms with Crippen LogP contribution in [0.2, 0.25) is 0 Å². The number of rotatable bonds is 6. The zero-order valence-electron chi connectivity index (χ0n) is 10.9. The summed E-state index contributed by atoms with van der Waals surface area (Å²) in [5, 5.41) is 21.5. The van der Waals surface area contributed by atoms with Crippen LogP contribution in [-0.4, -0.2) is 73.5 Å². The van der Waals surface area contributed by atoms with E-state index in [0.29, 0.717) is 0 Å². The molecule has 0 fully saturated rings. The fourth-order valence-corrected chi connectivity index (χ4v) is 1.09. The van der Waals surface area contributed by atoms with E-state index >= 15 is 0 Å². The Morgan fingerprint density at radius 1 is 0.850 bits per heavy atom. The van der Waals surface area contributed by atoms with Crippen molar-refractivity contribution in [2.75, 3.05) is 27.4 Å². The highest BCUT2D eigenvalue weighted by molar-refractivity contribution is 6.35. The van der Waals surface area contributed by atoms with Crippen LogP contribution in [0.25, 0.3) is 0 Å². The summed E-state index contributed by atoms with van der Waals surface area (Å²) >= 11 is 0. The molecular weight excluding hydrogens is 276 g/mol. The molecule has 0 aromatic heterocycles. The molecule has 0 aliphatic rings. The van der Waals surface area contributed by atoms with Crippen LogP contribution in [0.4, 0.5) is 0 Å². The van der Waals surface area contributed by atoms with Crippen molar-refractivity contribution in [1.82, 2.24) is 10.6 Å². The van der Waals surface area contributed by atoms with Gasteiger partial charge in [-0.25, -0.2) is 9.59 Å². The van der Waals surface area contributed by atoms with E-state index in [2.05, 4.69) is 9.47 Å². The van der Waals surface area contributed by atoms with Gasteiger partial charge in [-0.15, -0.1) is 0 Å². The van der Waals surface area contributed by atoms with Gasteiger partial charge in [0.15, 0.2) is 12.1 Å². The Kier molecular flexibility index (Phi) is 7.85. The molecule has 2 atom stereocenters. The molecule has 0 saturated carbocycles. The molecule has 0 aromatic carbocycles. The molecule has 114 valence electrons. The lowest BCUT2D eigenvalue weighted by atomic mass is 10.3. The van der Waals surface area contributed by atoms with Crippen molar-refractivity contribution in [1.29, 1.82) is 0 Å². The predicted molar refractivity (Wildman–Crippen MR) is 62.1 cm³/mol. The number of carbonyl (C=O) groups is 4. The van der Waals surface area contributed by atoms with Gasteiger partial charge in [-0.1, -0.05) is 0 Å². The van der Waals surface area contributed by atoms with Crippen LogP contribution in [0, 0.1) is 0 Å². The van der Waals surface area contributed by atoms with Gasteiger partial charge in [-0.2, -0.15) is 0 Å². The monoisotopic (exact) mass is 292 g/mol. The summed E-state index contributed by atoms with van der Waals surface area (Å²) in [6.07, 6.45) is 0. The lowest BCUT2D eigenvalue weighted by Gasteiger charge is -2.16. The summed E-state index contributed by atoms with van der Waals surface area (Å²) in [7, 11) is 2.08. The summed E-state index contributed by atoms with van der Waals surface area (Å²) in [6.45, 7) is -1.54. The highest BCUT2D eigenvalue weighted by Gasteiger charge is 2.27. The van der Waals surface area contributed by atoms with Gasteiger partial charge in [0.05, 0.1) is 27.4 Å². The highest BCUT2D eigenvalue weighted by Crippen LogP contribution is 1.90. The van der Waals surface area contributed by atoms with Gasteiger partial charge < -0.3 is 30.3 Å². The first-order chi connectivity index (χ1) is 9.40. The molecule has 4 N–H and O–H groups in total. The molecule has 0 aliphatic carbocycles. The fraction of sp³-hybridized carbons (Fsp3) is 0.600. The van der Waals surface area contributed by atoms with Crippen LogP contribution in [0.3, 0.4) is 0 Å². The molecule has 0 rings (SSSR count). The molecule has 0 bridgehead atoms. The van der Waals surface area contributed by atoms with Crippen LogP contribution < -0.4 is 10.6 Å². The first-order valence-electron chi connectivity index (χ1n) is 5.39. The molecule has 20 heavy (non-hydrogen) atoms. The quantitative estimate of drug-likeness (QED) is 0.288. The Morgan fingerprint density at radius 3 is 1.35 bits per heavy atom. The number of methoxy groups -OCH3 is 2. The Hall–Kier alpha value is -2.20. The zero-order valence-corrected chi connectivity index (χ0v) is 10.9. The first-order valence-corrected chi connectivity index (χ1v) is 5.39. The summed E-state index contributed by atoms with van der Waals surface area (Å²) in [4.78, 5) is 45.0. The molecule has 0 heterocycles. The third kappa shape index (κ3) is 5.20. The standard InChI is InChI=1S/C10H16N2O8/c1-19-9(17)5(3-13)11-7(15)8(16)12-6(4-14)10(18)20-2/h5-6,13-14H,3-4H2,1-2H3,(H,11,15)(H,12,16). The van der Waals surface area contributed by atoms with E-state index in [-0.39, 0.29) is 0 Å². The SMILES string of the molecule is COC(=O)C(CO)NC(=O)C(=O)NC(CO)C(=O)OC. The lowest BCUT2D eigenvalue weighted by Crippen LogP contribution is -2.53. The van der Waals surface area contributed by atoms with Crippen molar-refractivity contribution < 1.29 is 38.9 Å². The zero-order chi connectivity index (χ0) is 15.7. The smallest absolute Gasteiger partial charge is 0.330 e. The Morgan fingerprint density at radius 2 is 1.15 bits per heavy atom. The number of aliphatic hydroxyl groups is 2. The summed E-state index contributed by atoms with van der Waals surface area (Å²) in [5.74, 6) is -4.45. The van der Waals surface area contributed by atoms with Crippen LogP contribution in [0.5, 0.6) is 0 Å². The van der Waals surface area contributed by atoms with E-state index in [1.54, 1.807) is 0 Å². The van der Waals surface area contributed by atoms with Crippen molar-refractivity contribution in [3.63, 3.8) is 0 Å². The minimum Gasteiger partial charge on any atom is -0.467 e. The molecule has 2 unspecified atom stereocenters. The molecule has 0 radical (unpaired) electrons. The molecule has 0 spiro atoms. The van der Waals surface area contributed by atoms with E-state index in [1.807, 2.05) is 10.6 Å². The van der Waals surface area contributed by atoms with Gasteiger partial charge in [0.1, 0.15) is 0 Å². The molecule has 10 nitrogen and oxygen atoms in total. The minimum atomic E-state index is -1.41.